The Morgan fingerprint density at radius 1 is 1.12 bits per heavy atom. The zero-order valence-electron chi connectivity index (χ0n) is 15.2. The van der Waals surface area contributed by atoms with Crippen LogP contribution in [-0.4, -0.2) is 25.4 Å². The molecule has 0 amide bonds. The molecule has 0 bridgehead atoms. The number of hydrogen-bond acceptors (Lipinski definition) is 4. The number of fused-ring (bicyclic) bond motifs is 2. The van der Waals surface area contributed by atoms with Crippen molar-refractivity contribution in [2.45, 2.75) is 26.2 Å². The van der Waals surface area contributed by atoms with Crippen molar-refractivity contribution in [1.29, 1.82) is 0 Å². The molecule has 2 heterocycles. The molecule has 3 N–H and O–H groups in total. The Balaban J connectivity index is 1.86. The monoisotopic (exact) mass is 352 g/mol. The number of ether oxygens (including phenoxy) is 3. The zero-order valence-corrected chi connectivity index (χ0v) is 15.2. The Bertz CT molecular complexity index is 946. The van der Waals surface area contributed by atoms with Crippen molar-refractivity contribution in [3.63, 3.8) is 0 Å². The molecular weight excluding hydrogens is 328 g/mol. The van der Waals surface area contributed by atoms with E-state index in [1.165, 1.54) is 16.5 Å². The van der Waals surface area contributed by atoms with E-state index in [0.29, 0.717) is 6.54 Å². The summed E-state index contributed by atoms with van der Waals surface area (Å²) >= 11 is 0. The predicted molar refractivity (Wildman–Crippen MR) is 103 cm³/mol. The number of unbranched alkanes of at least 4 members (excludes halogenated alkanes) is 1. The third-order valence-corrected chi connectivity index (χ3v) is 4.96. The summed E-state index contributed by atoms with van der Waals surface area (Å²) in [5, 5.41) is 1.21. The second-order valence-electron chi connectivity index (χ2n) is 6.66. The lowest BCUT2D eigenvalue weighted by Crippen LogP contribution is -1.99. The molecule has 0 aliphatic carbocycles. The van der Waals surface area contributed by atoms with Gasteiger partial charge >= 0.3 is 0 Å². The van der Waals surface area contributed by atoms with E-state index in [1.807, 2.05) is 12.1 Å². The van der Waals surface area contributed by atoms with Crippen LogP contribution in [0, 0.1) is 6.92 Å². The molecule has 0 atom stereocenters. The molecule has 5 heteroatoms. The smallest absolute Gasteiger partial charge is 0.231 e. The quantitative estimate of drug-likeness (QED) is 0.654. The van der Waals surface area contributed by atoms with Crippen LogP contribution >= 0.6 is 0 Å². The molecule has 0 saturated carbocycles. The van der Waals surface area contributed by atoms with Crippen LogP contribution in [0.15, 0.2) is 30.3 Å². The number of benzene rings is 2. The van der Waals surface area contributed by atoms with Crippen LogP contribution in [0.25, 0.3) is 22.2 Å². The van der Waals surface area contributed by atoms with Gasteiger partial charge in [-0.1, -0.05) is 0 Å². The van der Waals surface area contributed by atoms with Gasteiger partial charge in [0, 0.05) is 22.2 Å². The summed E-state index contributed by atoms with van der Waals surface area (Å²) in [6.45, 7) is 3.10. The molecule has 0 fully saturated rings. The number of methoxy groups -OCH3 is 1. The number of aryl methyl sites for hydroxylation is 2. The van der Waals surface area contributed by atoms with Gasteiger partial charge in [0.25, 0.3) is 0 Å². The fourth-order valence-electron chi connectivity index (χ4n) is 3.62. The molecular formula is C21H24N2O3. The van der Waals surface area contributed by atoms with Crippen molar-refractivity contribution in [3.8, 4) is 28.5 Å². The van der Waals surface area contributed by atoms with Crippen LogP contribution in [0.5, 0.6) is 17.2 Å². The van der Waals surface area contributed by atoms with E-state index in [1.54, 1.807) is 7.11 Å². The molecule has 1 aliphatic heterocycles. The molecule has 26 heavy (non-hydrogen) atoms. The van der Waals surface area contributed by atoms with Gasteiger partial charge in [0.1, 0.15) is 5.75 Å². The van der Waals surface area contributed by atoms with E-state index < -0.39 is 0 Å². The summed E-state index contributed by atoms with van der Waals surface area (Å²) in [4.78, 5) is 3.63. The molecule has 0 unspecified atom stereocenters. The molecule has 1 aromatic heterocycles. The van der Waals surface area contributed by atoms with Crippen molar-refractivity contribution >= 4 is 10.9 Å². The largest absolute Gasteiger partial charge is 0.497 e. The van der Waals surface area contributed by atoms with Crippen LogP contribution in [0.3, 0.4) is 0 Å². The van der Waals surface area contributed by atoms with Crippen molar-refractivity contribution in [3.05, 3.63) is 41.5 Å². The SMILES string of the molecule is COc1cc(C)c2[nH]c(-c3ccc4c(c3)OCO4)c(CCCCN)c2c1. The molecule has 5 nitrogen and oxygen atoms in total. The van der Waals surface area contributed by atoms with E-state index in [-0.39, 0.29) is 6.79 Å². The van der Waals surface area contributed by atoms with Gasteiger partial charge in [0.05, 0.1) is 7.11 Å². The Labute approximate surface area is 153 Å². The zero-order chi connectivity index (χ0) is 18.1. The lowest BCUT2D eigenvalue weighted by molar-refractivity contribution is 0.174. The number of nitrogens with one attached hydrogen (secondary N) is 1. The fourth-order valence-corrected chi connectivity index (χ4v) is 3.62. The summed E-state index contributed by atoms with van der Waals surface area (Å²) in [7, 11) is 1.71. The van der Waals surface area contributed by atoms with Crippen LogP contribution in [0.2, 0.25) is 0 Å². The molecule has 3 aromatic rings. The number of aromatic nitrogens is 1. The summed E-state index contributed by atoms with van der Waals surface area (Å²) < 4.78 is 16.5. The third-order valence-electron chi connectivity index (χ3n) is 4.96. The minimum Gasteiger partial charge on any atom is -0.497 e. The topological polar surface area (TPSA) is 69.5 Å². The van der Waals surface area contributed by atoms with Crippen LogP contribution in [0.1, 0.15) is 24.0 Å². The predicted octanol–water partition coefficient (Wildman–Crippen LogP) is 4.16. The van der Waals surface area contributed by atoms with Gasteiger partial charge < -0.3 is 24.9 Å². The number of hydrogen-bond donors (Lipinski definition) is 2. The summed E-state index contributed by atoms with van der Waals surface area (Å²) in [5.74, 6) is 2.47. The minimum absolute atomic E-state index is 0.283. The van der Waals surface area contributed by atoms with Gasteiger partial charge in [0.15, 0.2) is 11.5 Å². The highest BCUT2D eigenvalue weighted by Gasteiger charge is 2.19. The first-order chi connectivity index (χ1) is 12.7. The summed E-state index contributed by atoms with van der Waals surface area (Å²) in [5.41, 5.74) is 11.6. The molecule has 2 aromatic carbocycles. The van der Waals surface area contributed by atoms with E-state index in [0.717, 1.165) is 53.3 Å². The van der Waals surface area contributed by atoms with Crippen molar-refractivity contribution in [2.24, 2.45) is 5.73 Å². The molecule has 1 aliphatic rings. The van der Waals surface area contributed by atoms with Crippen molar-refractivity contribution in [1.82, 2.24) is 4.98 Å². The second-order valence-corrected chi connectivity index (χ2v) is 6.66. The average molecular weight is 352 g/mol. The van der Waals surface area contributed by atoms with Gasteiger partial charge in [-0.05, 0) is 74.2 Å². The standard InChI is InChI=1S/C21H24N2O3/c1-13-9-15(24-2)11-17-16(5-3-4-8-22)21(23-20(13)17)14-6-7-18-19(10-14)26-12-25-18/h6-7,9-11,23H,3-5,8,12,22H2,1-2H3. The van der Waals surface area contributed by atoms with Crippen LogP contribution in [-0.2, 0) is 6.42 Å². The first-order valence-corrected chi connectivity index (χ1v) is 9.00. The van der Waals surface area contributed by atoms with Crippen molar-refractivity contribution < 1.29 is 14.2 Å². The highest BCUT2D eigenvalue weighted by atomic mass is 16.7. The third kappa shape index (κ3) is 2.88. The van der Waals surface area contributed by atoms with E-state index >= 15 is 0 Å². The van der Waals surface area contributed by atoms with Gasteiger partial charge in [-0.25, -0.2) is 0 Å². The maximum absolute atomic E-state index is 5.70. The molecule has 0 radical (unpaired) electrons. The highest BCUT2D eigenvalue weighted by Crippen LogP contribution is 2.40. The molecule has 0 spiro atoms. The van der Waals surface area contributed by atoms with E-state index in [4.69, 9.17) is 19.9 Å². The lowest BCUT2D eigenvalue weighted by Gasteiger charge is -2.07. The fraction of sp³-hybridized carbons (Fsp3) is 0.333. The van der Waals surface area contributed by atoms with E-state index in [9.17, 15) is 0 Å². The van der Waals surface area contributed by atoms with Crippen molar-refractivity contribution in [2.75, 3.05) is 20.4 Å². The van der Waals surface area contributed by atoms with Crippen LogP contribution < -0.4 is 19.9 Å². The van der Waals surface area contributed by atoms with Gasteiger partial charge in [0.2, 0.25) is 6.79 Å². The highest BCUT2D eigenvalue weighted by molar-refractivity contribution is 5.94. The van der Waals surface area contributed by atoms with Gasteiger partial charge in [-0.2, -0.15) is 0 Å². The molecule has 4 rings (SSSR count). The number of rotatable bonds is 6. The summed E-state index contributed by atoms with van der Waals surface area (Å²) in [6, 6.07) is 10.3. The lowest BCUT2D eigenvalue weighted by atomic mass is 9.99. The van der Waals surface area contributed by atoms with Gasteiger partial charge in [-0.3, -0.25) is 0 Å². The normalized spacial score (nSPS) is 12.7. The number of H-pyrrole nitrogens is 1. The first kappa shape index (κ1) is 16.8. The first-order valence-electron chi connectivity index (χ1n) is 9.00. The molecule has 136 valence electrons. The Morgan fingerprint density at radius 3 is 2.77 bits per heavy atom. The maximum atomic E-state index is 5.70. The number of nitrogens with two attached hydrogens (primary N) is 1. The summed E-state index contributed by atoms with van der Waals surface area (Å²) in [6.07, 6.45) is 3.03. The van der Waals surface area contributed by atoms with Gasteiger partial charge in [-0.15, -0.1) is 0 Å². The molecule has 0 saturated heterocycles. The maximum Gasteiger partial charge on any atom is 0.231 e. The second kappa shape index (κ2) is 6.92. The number of aromatic amines is 1. The average Bonchev–Trinajstić information content (AvgIpc) is 3.26. The Morgan fingerprint density at radius 2 is 1.96 bits per heavy atom. The van der Waals surface area contributed by atoms with Crippen LogP contribution in [0.4, 0.5) is 0 Å². The van der Waals surface area contributed by atoms with E-state index in [2.05, 4.69) is 30.1 Å². The Hall–Kier alpha value is -2.66. The minimum atomic E-state index is 0.283. The Kier molecular flexibility index (Phi) is 4.47.